The van der Waals surface area contributed by atoms with Crippen LogP contribution in [0, 0.1) is 6.92 Å². The lowest BCUT2D eigenvalue weighted by Gasteiger charge is -1.96. The molecule has 0 aliphatic rings. The van der Waals surface area contributed by atoms with Gasteiger partial charge in [0.1, 0.15) is 21.7 Å². The van der Waals surface area contributed by atoms with Gasteiger partial charge in [0, 0.05) is 16.7 Å². The summed E-state index contributed by atoms with van der Waals surface area (Å²) in [6.07, 6.45) is 1.61. The molecule has 1 aromatic carbocycles. The van der Waals surface area contributed by atoms with E-state index in [0.29, 0.717) is 21.1 Å². The minimum absolute atomic E-state index is 0.182. The highest BCUT2D eigenvalue weighted by Crippen LogP contribution is 2.24. The predicted molar refractivity (Wildman–Crippen MR) is 96.1 cm³/mol. The maximum absolute atomic E-state index is 12.4. The van der Waals surface area contributed by atoms with Crippen molar-refractivity contribution in [2.75, 3.05) is 0 Å². The quantitative estimate of drug-likeness (QED) is 0.540. The number of benzene rings is 1. The van der Waals surface area contributed by atoms with E-state index in [-0.39, 0.29) is 16.2 Å². The summed E-state index contributed by atoms with van der Waals surface area (Å²) < 4.78 is 7.30. The largest absolute Gasteiger partial charge is 0.457 e. The molecule has 0 aliphatic carbocycles. The fourth-order valence-electron chi connectivity index (χ4n) is 2.32. The molecule has 6 nitrogen and oxygen atoms in total. The molecule has 0 saturated carbocycles. The summed E-state index contributed by atoms with van der Waals surface area (Å²) >= 11 is 6.98. The zero-order valence-corrected chi connectivity index (χ0v) is 14.5. The number of hydrogen-bond donors (Lipinski definition) is 0. The first-order valence-corrected chi connectivity index (χ1v) is 8.49. The Kier molecular flexibility index (Phi) is 3.74. The average Bonchev–Trinajstić information content (AvgIpc) is 3.16. The van der Waals surface area contributed by atoms with Crippen molar-refractivity contribution in [2.24, 2.45) is 0 Å². The number of halogens is 1. The molecule has 0 saturated heterocycles. The first-order chi connectivity index (χ1) is 12.0. The standard InChI is InChI=1S/C17H10ClN3O3S/c1-9-15(22)19-17-21(20-9)16(23)14(25-17)8-12-6-7-13(24-12)10-2-4-11(18)5-3-10/h2-8H,1H3/b14-8-. The second kappa shape index (κ2) is 5.94. The molecule has 0 N–H and O–H groups in total. The van der Waals surface area contributed by atoms with Gasteiger partial charge in [0.15, 0.2) is 0 Å². The fourth-order valence-corrected chi connectivity index (χ4v) is 3.33. The molecular weight excluding hydrogens is 362 g/mol. The number of thiazole rings is 1. The maximum Gasteiger partial charge on any atom is 0.295 e. The Morgan fingerprint density at radius 1 is 1.16 bits per heavy atom. The Hall–Kier alpha value is -2.77. The summed E-state index contributed by atoms with van der Waals surface area (Å²) in [5.41, 5.74) is 0.296. The van der Waals surface area contributed by atoms with Crippen LogP contribution >= 0.6 is 22.9 Å². The molecule has 3 heterocycles. The van der Waals surface area contributed by atoms with E-state index in [0.717, 1.165) is 21.4 Å². The van der Waals surface area contributed by atoms with Crippen molar-refractivity contribution in [3.63, 3.8) is 0 Å². The molecule has 0 amide bonds. The van der Waals surface area contributed by atoms with Crippen LogP contribution in [0.4, 0.5) is 0 Å². The number of aromatic nitrogens is 3. The zero-order valence-electron chi connectivity index (χ0n) is 12.9. The van der Waals surface area contributed by atoms with Gasteiger partial charge in [0.05, 0.1) is 0 Å². The van der Waals surface area contributed by atoms with Crippen molar-refractivity contribution in [2.45, 2.75) is 6.92 Å². The molecule has 4 rings (SSSR count). The molecule has 124 valence electrons. The van der Waals surface area contributed by atoms with Gasteiger partial charge >= 0.3 is 0 Å². The number of nitrogens with zero attached hydrogens (tertiary/aromatic N) is 3. The molecule has 0 spiro atoms. The van der Waals surface area contributed by atoms with Crippen LogP contribution in [0.3, 0.4) is 0 Å². The number of aryl methyl sites for hydroxylation is 1. The number of hydrogen-bond acceptors (Lipinski definition) is 6. The van der Waals surface area contributed by atoms with Gasteiger partial charge in [-0.2, -0.15) is 14.6 Å². The predicted octanol–water partition coefficient (Wildman–Crippen LogP) is 2.28. The second-order valence-corrected chi connectivity index (χ2v) is 6.77. The van der Waals surface area contributed by atoms with Gasteiger partial charge < -0.3 is 4.42 Å². The van der Waals surface area contributed by atoms with Crippen molar-refractivity contribution in [1.29, 1.82) is 0 Å². The molecule has 0 bridgehead atoms. The highest BCUT2D eigenvalue weighted by atomic mass is 35.5. The monoisotopic (exact) mass is 371 g/mol. The van der Waals surface area contributed by atoms with E-state index < -0.39 is 5.56 Å². The van der Waals surface area contributed by atoms with Crippen molar-refractivity contribution in [1.82, 2.24) is 14.6 Å². The van der Waals surface area contributed by atoms with Crippen LogP contribution in [-0.4, -0.2) is 14.6 Å². The lowest BCUT2D eigenvalue weighted by atomic mass is 10.2. The van der Waals surface area contributed by atoms with Crippen molar-refractivity contribution in [3.05, 3.63) is 78.1 Å². The van der Waals surface area contributed by atoms with Crippen LogP contribution in [0.2, 0.25) is 5.02 Å². The number of rotatable bonds is 2. The summed E-state index contributed by atoms with van der Waals surface area (Å²) in [7, 11) is 0. The molecule has 8 heteroatoms. The lowest BCUT2D eigenvalue weighted by Crippen LogP contribution is -2.27. The molecule has 0 atom stereocenters. The van der Waals surface area contributed by atoms with E-state index in [4.69, 9.17) is 16.0 Å². The first-order valence-electron chi connectivity index (χ1n) is 7.29. The van der Waals surface area contributed by atoms with E-state index in [1.165, 1.54) is 6.92 Å². The van der Waals surface area contributed by atoms with Gasteiger partial charge in [-0.15, -0.1) is 0 Å². The van der Waals surface area contributed by atoms with Gasteiger partial charge in [0.25, 0.3) is 11.1 Å². The van der Waals surface area contributed by atoms with Gasteiger partial charge in [-0.25, -0.2) is 0 Å². The Labute approximate surface area is 149 Å². The Bertz CT molecular complexity index is 1260. The van der Waals surface area contributed by atoms with Crippen LogP contribution in [-0.2, 0) is 0 Å². The van der Waals surface area contributed by atoms with E-state index in [9.17, 15) is 9.59 Å². The van der Waals surface area contributed by atoms with Crippen molar-refractivity contribution < 1.29 is 4.42 Å². The van der Waals surface area contributed by atoms with Crippen LogP contribution in [0.5, 0.6) is 0 Å². The fraction of sp³-hybridized carbons (Fsp3) is 0.0588. The van der Waals surface area contributed by atoms with Crippen LogP contribution in [0.25, 0.3) is 22.4 Å². The van der Waals surface area contributed by atoms with E-state index in [1.807, 2.05) is 18.2 Å². The Morgan fingerprint density at radius 2 is 1.92 bits per heavy atom. The topological polar surface area (TPSA) is 77.5 Å². The van der Waals surface area contributed by atoms with Gasteiger partial charge in [-0.05, 0) is 43.3 Å². The number of fused-ring (bicyclic) bond motifs is 1. The molecule has 0 unspecified atom stereocenters. The lowest BCUT2D eigenvalue weighted by molar-refractivity contribution is 0.571. The van der Waals surface area contributed by atoms with Crippen molar-refractivity contribution in [3.8, 4) is 11.3 Å². The summed E-state index contributed by atoms with van der Waals surface area (Å²) in [6, 6.07) is 10.8. The van der Waals surface area contributed by atoms with Gasteiger partial charge in [-0.1, -0.05) is 22.9 Å². The second-order valence-electron chi connectivity index (χ2n) is 5.32. The summed E-state index contributed by atoms with van der Waals surface area (Å²) in [5.74, 6) is 1.19. The minimum Gasteiger partial charge on any atom is -0.457 e. The average molecular weight is 372 g/mol. The minimum atomic E-state index is -0.434. The number of furan rings is 1. The highest BCUT2D eigenvalue weighted by Gasteiger charge is 2.09. The van der Waals surface area contributed by atoms with Crippen LogP contribution in [0.1, 0.15) is 11.5 Å². The molecule has 25 heavy (non-hydrogen) atoms. The van der Waals surface area contributed by atoms with Gasteiger partial charge in [-0.3, -0.25) is 9.59 Å². The van der Waals surface area contributed by atoms with Gasteiger partial charge in [0.2, 0.25) is 4.96 Å². The third kappa shape index (κ3) is 2.88. The summed E-state index contributed by atoms with van der Waals surface area (Å²) in [5, 5.41) is 4.62. The zero-order chi connectivity index (χ0) is 17.6. The molecule has 0 aliphatic heterocycles. The highest BCUT2D eigenvalue weighted by molar-refractivity contribution is 7.15. The third-order valence-electron chi connectivity index (χ3n) is 3.57. The maximum atomic E-state index is 12.4. The molecule has 0 fully saturated rings. The first kappa shape index (κ1) is 15.7. The van der Waals surface area contributed by atoms with E-state index in [1.54, 1.807) is 24.3 Å². The Morgan fingerprint density at radius 3 is 2.68 bits per heavy atom. The van der Waals surface area contributed by atoms with E-state index >= 15 is 0 Å². The normalized spacial score (nSPS) is 12.2. The molecule has 0 radical (unpaired) electrons. The summed E-state index contributed by atoms with van der Waals surface area (Å²) in [4.78, 5) is 28.1. The van der Waals surface area contributed by atoms with Crippen molar-refractivity contribution >= 4 is 34.0 Å². The smallest absolute Gasteiger partial charge is 0.295 e. The van der Waals surface area contributed by atoms with Crippen LogP contribution in [0.15, 0.2) is 50.4 Å². The Balaban J connectivity index is 1.80. The SMILES string of the molecule is Cc1nn2c(=O)/c(=C/c3ccc(-c4ccc(Cl)cc4)o3)sc2nc1=O. The van der Waals surface area contributed by atoms with Crippen LogP contribution < -0.4 is 15.7 Å². The molecular formula is C17H10ClN3O3S. The van der Waals surface area contributed by atoms with E-state index in [2.05, 4.69) is 10.1 Å². The molecule has 3 aromatic heterocycles. The third-order valence-corrected chi connectivity index (χ3v) is 4.78. The summed E-state index contributed by atoms with van der Waals surface area (Å²) in [6.45, 7) is 1.52. The molecule has 4 aromatic rings.